The number of hydrogen-bond donors (Lipinski definition) is 4. The molecule has 17 heteroatoms. The van der Waals surface area contributed by atoms with Crippen LogP contribution in [-0.4, -0.2) is 89.8 Å². The van der Waals surface area contributed by atoms with E-state index in [1.807, 2.05) is 6.92 Å². The Morgan fingerprint density at radius 3 is 3.00 bits per heavy atom. The SMILES string of the molecule is CCCON=C(C(=O)NC1C(=O)N2C(C(=O)O)=C(CSc3cnn[nH]3)CS[C@@H]12)c1csc(NC=O)n1. The number of anilines is 1. The largest absolute Gasteiger partial charge is 0.477 e. The van der Waals surface area contributed by atoms with E-state index < -0.39 is 29.2 Å². The van der Waals surface area contributed by atoms with E-state index in [1.54, 1.807) is 0 Å². The van der Waals surface area contributed by atoms with E-state index >= 15 is 0 Å². The summed E-state index contributed by atoms with van der Waals surface area (Å²) in [6.45, 7) is 2.13. The third-order valence-electron chi connectivity index (χ3n) is 4.93. The predicted molar refractivity (Wildman–Crippen MR) is 131 cm³/mol. The van der Waals surface area contributed by atoms with Gasteiger partial charge in [0.2, 0.25) is 6.41 Å². The van der Waals surface area contributed by atoms with E-state index in [1.165, 1.54) is 40.0 Å². The first kappa shape index (κ1) is 25.6. The Balaban J connectivity index is 1.49. The molecule has 0 aromatic carbocycles. The van der Waals surface area contributed by atoms with Crippen LogP contribution in [0.1, 0.15) is 19.0 Å². The van der Waals surface area contributed by atoms with Crippen LogP contribution < -0.4 is 10.6 Å². The Morgan fingerprint density at radius 2 is 2.31 bits per heavy atom. The number of aromatic amines is 1. The molecule has 0 spiro atoms. The van der Waals surface area contributed by atoms with Crippen LogP contribution >= 0.6 is 34.9 Å². The monoisotopic (exact) mass is 552 g/mol. The maximum atomic E-state index is 13.1. The average molecular weight is 553 g/mol. The minimum Gasteiger partial charge on any atom is -0.477 e. The van der Waals surface area contributed by atoms with Gasteiger partial charge in [-0.25, -0.2) is 9.78 Å². The molecule has 2 aromatic rings. The molecule has 2 aromatic heterocycles. The number of carboxylic acids is 1. The second kappa shape index (κ2) is 11.5. The number of nitrogens with one attached hydrogen (secondary N) is 3. The van der Waals surface area contributed by atoms with Gasteiger partial charge in [-0.3, -0.25) is 24.4 Å². The van der Waals surface area contributed by atoms with Crippen LogP contribution in [0.25, 0.3) is 0 Å². The molecule has 2 aliphatic heterocycles. The van der Waals surface area contributed by atoms with E-state index in [0.29, 0.717) is 34.9 Å². The molecule has 4 N–H and O–H groups in total. The Labute approximate surface area is 216 Å². The van der Waals surface area contributed by atoms with Crippen LogP contribution in [0, 0.1) is 0 Å². The lowest BCUT2D eigenvalue weighted by Crippen LogP contribution is -2.71. The molecule has 190 valence electrons. The maximum Gasteiger partial charge on any atom is 0.352 e. The highest BCUT2D eigenvalue weighted by molar-refractivity contribution is 8.01. The van der Waals surface area contributed by atoms with Crippen LogP contribution in [0.2, 0.25) is 0 Å². The number of carbonyl (C=O) groups is 4. The van der Waals surface area contributed by atoms with Gasteiger partial charge in [-0.15, -0.1) is 40.0 Å². The van der Waals surface area contributed by atoms with Gasteiger partial charge in [0.05, 0.1) is 6.20 Å². The van der Waals surface area contributed by atoms with Gasteiger partial charge in [0.25, 0.3) is 11.8 Å². The van der Waals surface area contributed by atoms with Crippen LogP contribution in [0.5, 0.6) is 0 Å². The van der Waals surface area contributed by atoms with E-state index in [9.17, 15) is 24.3 Å². The minimum absolute atomic E-state index is 0.0847. The highest BCUT2D eigenvalue weighted by atomic mass is 32.2. The van der Waals surface area contributed by atoms with Crippen molar-refractivity contribution in [2.45, 2.75) is 29.8 Å². The van der Waals surface area contributed by atoms with E-state index in [4.69, 9.17) is 4.84 Å². The first-order chi connectivity index (χ1) is 17.4. The molecule has 1 saturated heterocycles. The van der Waals surface area contributed by atoms with E-state index in [-0.39, 0.29) is 28.8 Å². The summed E-state index contributed by atoms with van der Waals surface area (Å²) in [5.41, 5.74) is 0.495. The summed E-state index contributed by atoms with van der Waals surface area (Å²) in [4.78, 5) is 59.3. The van der Waals surface area contributed by atoms with Crippen molar-refractivity contribution in [3.05, 3.63) is 28.5 Å². The lowest BCUT2D eigenvalue weighted by Gasteiger charge is -2.49. The molecule has 36 heavy (non-hydrogen) atoms. The summed E-state index contributed by atoms with van der Waals surface area (Å²) in [6.07, 6.45) is 2.64. The minimum atomic E-state index is -1.22. The molecule has 0 saturated carbocycles. The number of aliphatic carboxylic acids is 1. The van der Waals surface area contributed by atoms with Crippen molar-refractivity contribution >= 4 is 69.9 Å². The molecule has 14 nitrogen and oxygen atoms in total. The number of rotatable bonds is 12. The van der Waals surface area contributed by atoms with Crippen molar-refractivity contribution < 1.29 is 29.1 Å². The fraction of sp³-hybridized carbons (Fsp3) is 0.368. The van der Waals surface area contributed by atoms with Crippen LogP contribution in [0.4, 0.5) is 5.13 Å². The zero-order valence-electron chi connectivity index (χ0n) is 18.7. The molecular weight excluding hydrogens is 532 g/mol. The Bertz CT molecular complexity index is 1210. The zero-order valence-corrected chi connectivity index (χ0v) is 21.1. The summed E-state index contributed by atoms with van der Waals surface area (Å²) in [5.74, 6) is -1.77. The highest BCUT2D eigenvalue weighted by Crippen LogP contribution is 2.41. The van der Waals surface area contributed by atoms with Crippen LogP contribution in [-0.2, 0) is 24.0 Å². The standard InChI is InChI=1S/C19H20N8O6S3/c1-2-3-33-25-12(10-7-36-19(22-10)20-8-28)15(29)23-13-16(30)27-14(18(31)32)9(6-35-17(13)27)5-34-11-4-21-26-24-11/h4,7-8,13,17H,2-3,5-6H2,1H3,(H,23,29)(H,31,32)(H,20,22,28)(H,21,24,26)/t13?,17-/m0/s1. The molecule has 0 bridgehead atoms. The number of hydrogen-bond acceptors (Lipinski definition) is 12. The third-order valence-corrected chi connectivity index (χ3v) is 8.04. The summed E-state index contributed by atoms with van der Waals surface area (Å²) < 4.78 is 0. The molecule has 3 amide bonds. The van der Waals surface area contributed by atoms with Crippen LogP contribution in [0.15, 0.2) is 33.0 Å². The molecule has 0 radical (unpaired) electrons. The first-order valence-corrected chi connectivity index (χ1v) is 13.4. The number of amides is 3. The van der Waals surface area contributed by atoms with Crippen molar-refractivity contribution in [3.8, 4) is 0 Å². The van der Waals surface area contributed by atoms with E-state index in [0.717, 1.165) is 11.3 Å². The molecular formula is C19H20N8O6S3. The van der Waals surface area contributed by atoms with Crippen molar-refractivity contribution in [3.63, 3.8) is 0 Å². The fourth-order valence-electron chi connectivity index (χ4n) is 3.33. The Morgan fingerprint density at radius 1 is 1.47 bits per heavy atom. The fourth-order valence-corrected chi connectivity index (χ4v) is 6.26. The number of carboxylic acid groups (broad SMARTS) is 1. The molecule has 0 aliphatic carbocycles. The Kier molecular flexibility index (Phi) is 8.21. The third kappa shape index (κ3) is 5.36. The summed E-state index contributed by atoms with van der Waals surface area (Å²) >= 11 is 3.77. The van der Waals surface area contributed by atoms with Gasteiger partial charge in [-0.05, 0) is 12.0 Å². The molecule has 1 unspecified atom stereocenters. The second-order valence-corrected chi connectivity index (χ2v) is 10.3. The molecule has 4 heterocycles. The average Bonchev–Trinajstić information content (AvgIpc) is 3.55. The second-order valence-electron chi connectivity index (χ2n) is 7.30. The highest BCUT2D eigenvalue weighted by Gasteiger charge is 2.54. The lowest BCUT2D eigenvalue weighted by molar-refractivity contribution is -0.150. The van der Waals surface area contributed by atoms with Gasteiger partial charge in [0.15, 0.2) is 10.8 Å². The molecule has 4 rings (SSSR count). The van der Waals surface area contributed by atoms with Gasteiger partial charge in [0, 0.05) is 16.9 Å². The number of nitrogens with zero attached hydrogens (tertiary/aromatic N) is 5. The number of carbonyl (C=O) groups excluding carboxylic acids is 3. The Hall–Kier alpha value is -3.44. The predicted octanol–water partition coefficient (Wildman–Crippen LogP) is 0.491. The molecule has 1 fully saturated rings. The number of fused-ring (bicyclic) bond motifs is 1. The lowest BCUT2D eigenvalue weighted by atomic mass is 10.0. The van der Waals surface area contributed by atoms with Crippen molar-refractivity contribution in [2.24, 2.45) is 5.16 Å². The molecule has 2 atom stereocenters. The van der Waals surface area contributed by atoms with Gasteiger partial charge in [-0.1, -0.05) is 17.3 Å². The number of thioether (sulfide) groups is 2. The summed E-state index contributed by atoms with van der Waals surface area (Å²) in [7, 11) is 0. The van der Waals surface area contributed by atoms with Gasteiger partial charge in [-0.2, -0.15) is 0 Å². The number of H-pyrrole nitrogens is 1. The molecule has 2 aliphatic rings. The van der Waals surface area contributed by atoms with Crippen molar-refractivity contribution in [1.82, 2.24) is 30.6 Å². The summed E-state index contributed by atoms with van der Waals surface area (Å²) in [6, 6.07) is -0.953. The first-order valence-electron chi connectivity index (χ1n) is 10.5. The zero-order chi connectivity index (χ0) is 25.7. The normalized spacial score (nSPS) is 19.4. The van der Waals surface area contributed by atoms with E-state index in [2.05, 4.69) is 36.2 Å². The number of aromatic nitrogens is 4. The smallest absolute Gasteiger partial charge is 0.352 e. The quantitative estimate of drug-likeness (QED) is 0.0715. The topological polar surface area (TPSA) is 192 Å². The van der Waals surface area contributed by atoms with Crippen molar-refractivity contribution in [2.75, 3.05) is 23.4 Å². The van der Waals surface area contributed by atoms with Gasteiger partial charge in [0.1, 0.15) is 34.4 Å². The maximum absolute atomic E-state index is 13.1. The van der Waals surface area contributed by atoms with Crippen molar-refractivity contribution in [1.29, 1.82) is 0 Å². The van der Waals surface area contributed by atoms with Gasteiger partial charge >= 0.3 is 5.97 Å². The van der Waals surface area contributed by atoms with Gasteiger partial charge < -0.3 is 20.6 Å². The van der Waals surface area contributed by atoms with Crippen LogP contribution in [0.3, 0.4) is 0 Å². The number of oxime groups is 1. The summed E-state index contributed by atoms with van der Waals surface area (Å²) in [5, 5.41) is 30.6. The number of β-lactam (4-membered cyclic amide) rings is 1. The number of thiazole rings is 1.